The highest BCUT2D eigenvalue weighted by molar-refractivity contribution is 5.97. The number of pyridine rings is 1. The number of likely N-dealkylation sites (N-methyl/N-ethyl adjacent to an activating group) is 1. The molecule has 0 saturated carbocycles. The zero-order chi connectivity index (χ0) is 17.1. The van der Waals surface area contributed by atoms with Gasteiger partial charge in [-0.25, -0.2) is 0 Å². The molecule has 2 N–H and O–H groups in total. The average molecular weight is 319 g/mol. The van der Waals surface area contributed by atoms with E-state index in [4.69, 9.17) is 4.98 Å². The molecule has 3 rings (SSSR count). The fraction of sp³-hybridized carbons (Fsp3) is 0.263. The lowest BCUT2D eigenvalue weighted by Crippen LogP contribution is -2.21. The number of nitrogens with one attached hydrogen (secondary N) is 2. The van der Waals surface area contributed by atoms with E-state index in [0.29, 0.717) is 5.69 Å². The highest BCUT2D eigenvalue weighted by atomic mass is 15.1. The van der Waals surface area contributed by atoms with E-state index in [1.807, 2.05) is 43.3 Å². The predicted octanol–water partition coefficient (Wildman–Crippen LogP) is 3.38. The minimum absolute atomic E-state index is 0.552. The molecule has 0 aliphatic carbocycles. The molecule has 5 heteroatoms. The van der Waals surface area contributed by atoms with Crippen LogP contribution in [0.2, 0.25) is 0 Å². The smallest absolute Gasteiger partial charge is 0.128 e. The summed E-state index contributed by atoms with van der Waals surface area (Å²) in [6.45, 7) is 3.82. The highest BCUT2D eigenvalue weighted by Gasteiger charge is 2.15. The van der Waals surface area contributed by atoms with Crippen LogP contribution in [0.3, 0.4) is 0 Å². The van der Waals surface area contributed by atoms with Gasteiger partial charge >= 0.3 is 0 Å². The molecule has 0 amide bonds. The van der Waals surface area contributed by atoms with Gasteiger partial charge in [-0.3, -0.25) is 4.98 Å². The Bertz CT molecular complexity index is 902. The number of aromatic nitrogens is 2. The van der Waals surface area contributed by atoms with Gasteiger partial charge in [-0.1, -0.05) is 18.2 Å². The molecule has 1 aromatic carbocycles. The van der Waals surface area contributed by atoms with Crippen molar-refractivity contribution in [2.45, 2.75) is 6.92 Å². The van der Waals surface area contributed by atoms with Crippen LogP contribution in [-0.4, -0.2) is 42.1 Å². The van der Waals surface area contributed by atoms with E-state index >= 15 is 0 Å². The van der Waals surface area contributed by atoms with Crippen molar-refractivity contribution < 1.29 is 0 Å². The third-order valence-corrected chi connectivity index (χ3v) is 4.03. The molecule has 0 radical (unpaired) electrons. The minimum Gasteiger partial charge on any atom is -0.382 e. The summed E-state index contributed by atoms with van der Waals surface area (Å²) in [6, 6.07) is 14.2. The van der Waals surface area contributed by atoms with Gasteiger partial charge in [-0.2, -0.15) is 5.26 Å². The zero-order valence-electron chi connectivity index (χ0n) is 14.2. The summed E-state index contributed by atoms with van der Waals surface area (Å²) in [5.41, 5.74) is 5.16. The molecular weight excluding hydrogens is 298 g/mol. The first kappa shape index (κ1) is 16.0. The Hall–Kier alpha value is -2.84. The van der Waals surface area contributed by atoms with E-state index in [9.17, 15) is 5.26 Å². The van der Waals surface area contributed by atoms with Crippen molar-refractivity contribution in [3.8, 4) is 17.3 Å². The second kappa shape index (κ2) is 6.73. The minimum atomic E-state index is 0.552. The van der Waals surface area contributed by atoms with E-state index in [-0.39, 0.29) is 0 Å². The van der Waals surface area contributed by atoms with E-state index in [1.54, 1.807) is 0 Å². The van der Waals surface area contributed by atoms with Crippen LogP contribution in [0.5, 0.6) is 0 Å². The molecule has 2 aromatic heterocycles. The summed E-state index contributed by atoms with van der Waals surface area (Å²) < 4.78 is 0. The Balaban J connectivity index is 1.96. The Morgan fingerprint density at radius 2 is 2.00 bits per heavy atom. The number of hydrogen-bond donors (Lipinski definition) is 2. The Morgan fingerprint density at radius 1 is 1.21 bits per heavy atom. The van der Waals surface area contributed by atoms with Crippen molar-refractivity contribution >= 4 is 16.6 Å². The lowest BCUT2D eigenvalue weighted by Gasteiger charge is -2.13. The Labute approximate surface area is 141 Å². The monoisotopic (exact) mass is 319 g/mol. The quantitative estimate of drug-likeness (QED) is 0.756. The molecule has 122 valence electrons. The number of aromatic amines is 1. The van der Waals surface area contributed by atoms with Gasteiger partial charge in [-0.15, -0.1) is 0 Å². The summed E-state index contributed by atoms with van der Waals surface area (Å²) in [4.78, 5) is 10.0. The van der Waals surface area contributed by atoms with Crippen LogP contribution in [0.4, 0.5) is 5.69 Å². The van der Waals surface area contributed by atoms with Crippen molar-refractivity contribution in [3.05, 3.63) is 47.8 Å². The number of hydrogen-bond acceptors (Lipinski definition) is 4. The number of benzene rings is 1. The van der Waals surface area contributed by atoms with E-state index < -0.39 is 0 Å². The van der Waals surface area contributed by atoms with Crippen molar-refractivity contribution in [2.75, 3.05) is 32.5 Å². The van der Waals surface area contributed by atoms with Crippen LogP contribution in [0.15, 0.2) is 36.4 Å². The summed E-state index contributed by atoms with van der Waals surface area (Å²) in [5, 5.41) is 13.9. The second-order valence-electron chi connectivity index (χ2n) is 6.09. The molecule has 0 saturated heterocycles. The number of fused-ring (bicyclic) bond motifs is 1. The summed E-state index contributed by atoms with van der Waals surface area (Å²) in [6.07, 6.45) is 0. The molecule has 0 atom stereocenters. The van der Waals surface area contributed by atoms with Crippen LogP contribution < -0.4 is 5.32 Å². The van der Waals surface area contributed by atoms with Gasteiger partial charge in [0.25, 0.3) is 0 Å². The standard InChI is InChI=1S/C19H21N5/c1-13-15(21-10-11-24(2)3)8-9-17(22-13)19-14-6-4-5-7-16(14)23-18(19)12-20/h4-9,21,23H,10-11H2,1-3H3. The van der Waals surface area contributed by atoms with Crippen molar-refractivity contribution in [1.82, 2.24) is 14.9 Å². The van der Waals surface area contributed by atoms with Crippen molar-refractivity contribution in [3.63, 3.8) is 0 Å². The predicted molar refractivity (Wildman–Crippen MR) is 98.0 cm³/mol. The topological polar surface area (TPSA) is 67.7 Å². The number of nitriles is 1. The third kappa shape index (κ3) is 3.10. The largest absolute Gasteiger partial charge is 0.382 e. The molecule has 0 fully saturated rings. The van der Waals surface area contributed by atoms with Gasteiger partial charge < -0.3 is 15.2 Å². The third-order valence-electron chi connectivity index (χ3n) is 4.03. The zero-order valence-corrected chi connectivity index (χ0v) is 14.2. The van der Waals surface area contributed by atoms with Gasteiger partial charge in [-0.05, 0) is 39.2 Å². The second-order valence-corrected chi connectivity index (χ2v) is 6.09. The average Bonchev–Trinajstić information content (AvgIpc) is 2.94. The molecular formula is C19H21N5. The van der Waals surface area contributed by atoms with Gasteiger partial charge in [0.1, 0.15) is 11.8 Å². The molecule has 5 nitrogen and oxygen atoms in total. The van der Waals surface area contributed by atoms with Gasteiger partial charge in [0.05, 0.1) is 17.1 Å². The number of nitrogens with zero attached hydrogens (tertiary/aromatic N) is 3. The van der Waals surface area contributed by atoms with Crippen molar-refractivity contribution in [1.29, 1.82) is 5.26 Å². The Kier molecular flexibility index (Phi) is 4.50. The molecule has 0 bridgehead atoms. The van der Waals surface area contributed by atoms with E-state index in [2.05, 4.69) is 35.4 Å². The number of para-hydroxylation sites is 1. The Morgan fingerprint density at radius 3 is 2.71 bits per heavy atom. The number of rotatable bonds is 5. The maximum absolute atomic E-state index is 9.45. The first-order valence-electron chi connectivity index (χ1n) is 7.97. The first-order valence-corrected chi connectivity index (χ1v) is 7.97. The normalized spacial score (nSPS) is 11.0. The fourth-order valence-electron chi connectivity index (χ4n) is 2.79. The van der Waals surface area contributed by atoms with Crippen LogP contribution >= 0.6 is 0 Å². The number of aryl methyl sites for hydroxylation is 1. The van der Waals surface area contributed by atoms with Gasteiger partial charge in [0.15, 0.2) is 0 Å². The van der Waals surface area contributed by atoms with E-state index in [1.165, 1.54) is 0 Å². The maximum atomic E-state index is 9.45. The number of anilines is 1. The van der Waals surface area contributed by atoms with Crippen LogP contribution in [0, 0.1) is 18.3 Å². The van der Waals surface area contributed by atoms with Gasteiger partial charge in [0.2, 0.25) is 0 Å². The molecule has 0 aliphatic rings. The van der Waals surface area contributed by atoms with Gasteiger partial charge in [0, 0.05) is 29.6 Å². The lowest BCUT2D eigenvalue weighted by atomic mass is 10.1. The highest BCUT2D eigenvalue weighted by Crippen LogP contribution is 2.32. The SMILES string of the molecule is Cc1nc(-c2c(C#N)[nH]c3ccccc23)ccc1NCCN(C)C. The maximum Gasteiger partial charge on any atom is 0.128 e. The molecule has 2 heterocycles. The molecule has 0 unspecified atom stereocenters. The fourth-order valence-corrected chi connectivity index (χ4v) is 2.79. The van der Waals surface area contributed by atoms with Crippen molar-refractivity contribution in [2.24, 2.45) is 0 Å². The molecule has 3 aromatic rings. The molecule has 24 heavy (non-hydrogen) atoms. The summed E-state index contributed by atoms with van der Waals surface area (Å²) >= 11 is 0. The summed E-state index contributed by atoms with van der Waals surface area (Å²) in [7, 11) is 4.10. The lowest BCUT2D eigenvalue weighted by molar-refractivity contribution is 0.425. The van der Waals surface area contributed by atoms with Crippen LogP contribution in [-0.2, 0) is 0 Å². The first-order chi connectivity index (χ1) is 11.6. The van der Waals surface area contributed by atoms with E-state index in [0.717, 1.165) is 46.6 Å². The number of H-pyrrole nitrogens is 1. The molecule has 0 aliphatic heterocycles. The van der Waals surface area contributed by atoms with Crippen LogP contribution in [0.1, 0.15) is 11.4 Å². The summed E-state index contributed by atoms with van der Waals surface area (Å²) in [5.74, 6) is 0. The molecule has 0 spiro atoms. The van der Waals surface area contributed by atoms with Crippen LogP contribution in [0.25, 0.3) is 22.2 Å².